The molecule has 3 heterocycles. The van der Waals surface area contributed by atoms with Crippen molar-refractivity contribution in [3.8, 4) is 0 Å². The molecular formula is C20H27N5O. The molecule has 1 saturated carbocycles. The molecule has 1 aliphatic heterocycles. The molecule has 0 N–H and O–H groups in total. The summed E-state index contributed by atoms with van der Waals surface area (Å²) in [5.41, 5.74) is 1.23. The molecule has 138 valence electrons. The van der Waals surface area contributed by atoms with Gasteiger partial charge in [-0.25, -0.2) is 0 Å². The Labute approximate surface area is 154 Å². The molecule has 6 heteroatoms. The van der Waals surface area contributed by atoms with E-state index in [0.717, 1.165) is 31.0 Å². The molecule has 0 bridgehead atoms. The fourth-order valence-corrected chi connectivity index (χ4v) is 4.51. The van der Waals surface area contributed by atoms with Crippen molar-refractivity contribution < 1.29 is 4.79 Å². The smallest absolute Gasteiger partial charge is 0.227 e. The Morgan fingerprint density at radius 2 is 2.08 bits per heavy atom. The predicted molar refractivity (Wildman–Crippen MR) is 98.4 cm³/mol. The highest BCUT2D eigenvalue weighted by Crippen LogP contribution is 2.55. The van der Waals surface area contributed by atoms with E-state index in [-0.39, 0.29) is 11.3 Å². The van der Waals surface area contributed by atoms with Crippen LogP contribution in [-0.4, -0.2) is 43.6 Å². The molecule has 1 spiro atoms. The maximum absolute atomic E-state index is 12.9. The molecule has 1 aliphatic carbocycles. The van der Waals surface area contributed by atoms with Crippen molar-refractivity contribution in [3.05, 3.63) is 42.2 Å². The molecule has 6 nitrogen and oxygen atoms in total. The standard InChI is InChI=1S/C20H27N5O/c1-15(2)11-25-14-22-23-19(25)17-12-24(13-20(17)6-3-7-20)18(26)10-16-4-8-21-9-5-16/h4-5,8-9,14-15,17H,3,6-7,10-13H2,1-2H3. The summed E-state index contributed by atoms with van der Waals surface area (Å²) in [6.45, 7) is 6.97. The van der Waals surface area contributed by atoms with Gasteiger partial charge in [0.1, 0.15) is 12.2 Å². The van der Waals surface area contributed by atoms with Crippen molar-refractivity contribution in [1.29, 1.82) is 0 Å². The van der Waals surface area contributed by atoms with Gasteiger partial charge >= 0.3 is 0 Å². The van der Waals surface area contributed by atoms with Crippen molar-refractivity contribution in [2.45, 2.75) is 52.0 Å². The van der Waals surface area contributed by atoms with E-state index in [4.69, 9.17) is 0 Å². The first kappa shape index (κ1) is 17.2. The average molecular weight is 353 g/mol. The summed E-state index contributed by atoms with van der Waals surface area (Å²) < 4.78 is 2.20. The van der Waals surface area contributed by atoms with Gasteiger partial charge in [-0.05, 0) is 41.9 Å². The molecule has 1 unspecified atom stereocenters. The van der Waals surface area contributed by atoms with E-state index in [9.17, 15) is 4.79 Å². The quantitative estimate of drug-likeness (QED) is 0.829. The summed E-state index contributed by atoms with van der Waals surface area (Å²) in [4.78, 5) is 19.0. The monoisotopic (exact) mass is 353 g/mol. The van der Waals surface area contributed by atoms with Crippen molar-refractivity contribution in [1.82, 2.24) is 24.6 Å². The molecule has 0 aromatic carbocycles. The lowest BCUT2D eigenvalue weighted by Gasteiger charge is -2.42. The summed E-state index contributed by atoms with van der Waals surface area (Å²) in [6, 6.07) is 3.84. The Balaban J connectivity index is 1.53. The van der Waals surface area contributed by atoms with Gasteiger partial charge in [0, 0.05) is 37.9 Å². The van der Waals surface area contributed by atoms with Crippen molar-refractivity contribution in [3.63, 3.8) is 0 Å². The van der Waals surface area contributed by atoms with Gasteiger partial charge < -0.3 is 9.47 Å². The first-order valence-corrected chi connectivity index (χ1v) is 9.62. The Hall–Kier alpha value is -2.24. The van der Waals surface area contributed by atoms with Crippen LogP contribution < -0.4 is 0 Å². The number of carbonyl (C=O) groups excluding carboxylic acids is 1. The van der Waals surface area contributed by atoms with Crippen LogP contribution in [0.3, 0.4) is 0 Å². The lowest BCUT2D eigenvalue weighted by atomic mass is 9.62. The molecular weight excluding hydrogens is 326 g/mol. The topological polar surface area (TPSA) is 63.9 Å². The minimum atomic E-state index is 0.204. The zero-order valence-electron chi connectivity index (χ0n) is 15.6. The zero-order chi connectivity index (χ0) is 18.1. The van der Waals surface area contributed by atoms with Crippen LogP contribution in [0.2, 0.25) is 0 Å². The predicted octanol–water partition coefficient (Wildman–Crippen LogP) is 2.67. The molecule has 2 aliphatic rings. The first-order chi connectivity index (χ1) is 12.6. The highest BCUT2D eigenvalue weighted by atomic mass is 16.2. The molecule has 2 aromatic heterocycles. The number of aromatic nitrogens is 4. The summed E-state index contributed by atoms with van der Waals surface area (Å²) in [5, 5.41) is 8.66. The molecule has 2 fully saturated rings. The summed E-state index contributed by atoms with van der Waals surface area (Å²) in [7, 11) is 0. The third-order valence-corrected chi connectivity index (χ3v) is 5.97. The zero-order valence-corrected chi connectivity index (χ0v) is 15.6. The Morgan fingerprint density at radius 1 is 1.31 bits per heavy atom. The highest BCUT2D eigenvalue weighted by molar-refractivity contribution is 5.79. The lowest BCUT2D eigenvalue weighted by Crippen LogP contribution is -2.38. The largest absolute Gasteiger partial charge is 0.341 e. The average Bonchev–Trinajstić information content (AvgIpc) is 3.18. The van der Waals surface area contributed by atoms with Gasteiger partial charge in [-0.3, -0.25) is 9.78 Å². The summed E-state index contributed by atoms with van der Waals surface area (Å²) in [5.74, 6) is 2.13. The van der Waals surface area contributed by atoms with E-state index in [2.05, 4.69) is 38.5 Å². The van der Waals surface area contributed by atoms with E-state index < -0.39 is 0 Å². The van der Waals surface area contributed by atoms with Crippen molar-refractivity contribution in [2.75, 3.05) is 13.1 Å². The van der Waals surface area contributed by atoms with Gasteiger partial charge in [0.05, 0.1) is 6.42 Å². The van der Waals surface area contributed by atoms with Crippen LogP contribution in [0.4, 0.5) is 0 Å². The Bertz CT molecular complexity index is 766. The van der Waals surface area contributed by atoms with Crippen LogP contribution in [-0.2, 0) is 17.8 Å². The van der Waals surface area contributed by atoms with Crippen LogP contribution in [0.1, 0.15) is 50.4 Å². The van der Waals surface area contributed by atoms with Gasteiger partial charge in [-0.15, -0.1) is 10.2 Å². The van der Waals surface area contributed by atoms with Gasteiger partial charge in [0.15, 0.2) is 0 Å². The van der Waals surface area contributed by atoms with Gasteiger partial charge in [-0.1, -0.05) is 20.3 Å². The first-order valence-electron chi connectivity index (χ1n) is 9.62. The molecule has 1 amide bonds. The number of rotatable bonds is 5. The third kappa shape index (κ3) is 3.13. The molecule has 1 saturated heterocycles. The normalized spacial score (nSPS) is 21.3. The van der Waals surface area contributed by atoms with Crippen LogP contribution in [0.15, 0.2) is 30.9 Å². The fourth-order valence-electron chi connectivity index (χ4n) is 4.51. The maximum atomic E-state index is 12.9. The minimum absolute atomic E-state index is 0.204. The van der Waals surface area contributed by atoms with E-state index >= 15 is 0 Å². The highest BCUT2D eigenvalue weighted by Gasteiger charge is 2.53. The second kappa shape index (κ2) is 6.82. The van der Waals surface area contributed by atoms with Crippen LogP contribution >= 0.6 is 0 Å². The number of nitrogens with zero attached hydrogens (tertiary/aromatic N) is 5. The van der Waals surface area contributed by atoms with Crippen LogP contribution in [0.5, 0.6) is 0 Å². The van der Waals surface area contributed by atoms with Crippen LogP contribution in [0, 0.1) is 11.3 Å². The van der Waals surface area contributed by atoms with Crippen molar-refractivity contribution in [2.24, 2.45) is 11.3 Å². The number of amides is 1. The number of hydrogen-bond donors (Lipinski definition) is 0. The minimum Gasteiger partial charge on any atom is -0.341 e. The third-order valence-electron chi connectivity index (χ3n) is 5.97. The van der Waals surface area contributed by atoms with E-state index in [1.54, 1.807) is 12.4 Å². The van der Waals surface area contributed by atoms with Crippen molar-refractivity contribution >= 4 is 5.91 Å². The molecule has 2 aromatic rings. The lowest BCUT2D eigenvalue weighted by molar-refractivity contribution is -0.130. The molecule has 0 radical (unpaired) electrons. The second-order valence-electron chi connectivity index (χ2n) is 8.31. The molecule has 1 atom stereocenters. The van der Waals surface area contributed by atoms with E-state index in [1.807, 2.05) is 18.5 Å². The van der Waals surface area contributed by atoms with Gasteiger partial charge in [0.25, 0.3) is 0 Å². The number of hydrogen-bond acceptors (Lipinski definition) is 4. The second-order valence-corrected chi connectivity index (χ2v) is 8.31. The maximum Gasteiger partial charge on any atom is 0.227 e. The van der Waals surface area contributed by atoms with E-state index in [0.29, 0.717) is 18.3 Å². The SMILES string of the molecule is CC(C)Cn1cnnc1C1CN(C(=O)Cc2ccncc2)CC12CCC2. The summed E-state index contributed by atoms with van der Waals surface area (Å²) >= 11 is 0. The van der Waals surface area contributed by atoms with Gasteiger partial charge in [-0.2, -0.15) is 0 Å². The van der Waals surface area contributed by atoms with Crippen LogP contribution in [0.25, 0.3) is 0 Å². The number of pyridine rings is 1. The fraction of sp³-hybridized carbons (Fsp3) is 0.600. The molecule has 26 heavy (non-hydrogen) atoms. The Morgan fingerprint density at radius 3 is 2.73 bits per heavy atom. The Kier molecular flexibility index (Phi) is 4.51. The van der Waals surface area contributed by atoms with Gasteiger partial charge in [0.2, 0.25) is 5.91 Å². The van der Waals surface area contributed by atoms with E-state index in [1.165, 1.54) is 19.3 Å². The molecule has 4 rings (SSSR count). The number of likely N-dealkylation sites (tertiary alicyclic amines) is 1. The number of carbonyl (C=O) groups is 1. The summed E-state index contributed by atoms with van der Waals surface area (Å²) in [6.07, 6.45) is 9.42.